The molecule has 1 amide bonds. The molecule has 0 aromatic heterocycles. The number of halogens is 1. The number of amides is 1. The number of carbonyl (C=O) groups excluding carboxylic acids is 1. The first-order valence-corrected chi connectivity index (χ1v) is 8.77. The molecule has 0 atom stereocenters. The summed E-state index contributed by atoms with van der Waals surface area (Å²) in [6, 6.07) is 20.9. The van der Waals surface area contributed by atoms with Crippen LogP contribution in [0.4, 0.5) is 0 Å². The first kappa shape index (κ1) is 21.2. The Balaban J connectivity index is 0.00000312. The van der Waals surface area contributed by atoms with Crippen LogP contribution in [0, 0.1) is 5.92 Å². The monoisotopic (exact) mass is 360 g/mol. The standard InChI is InChI=1S/C21H28N2O.ClH/c1-22-13-8-14-23-21(24)17-20(15-18-9-4-2-5-10-18)16-19-11-6-3-7-12-19;/h2-7,9-12,20,22H,8,13-17H2,1H3,(H,23,24);1H. The van der Waals surface area contributed by atoms with Gasteiger partial charge in [-0.3, -0.25) is 4.79 Å². The fourth-order valence-electron chi connectivity index (χ4n) is 2.94. The fraction of sp³-hybridized carbons (Fsp3) is 0.381. The van der Waals surface area contributed by atoms with Crippen molar-refractivity contribution in [1.29, 1.82) is 0 Å². The highest BCUT2D eigenvalue weighted by molar-refractivity contribution is 5.85. The van der Waals surface area contributed by atoms with Crippen LogP contribution in [0.25, 0.3) is 0 Å². The van der Waals surface area contributed by atoms with Crippen molar-refractivity contribution in [3.8, 4) is 0 Å². The Bertz CT molecular complexity index is 548. The van der Waals surface area contributed by atoms with Gasteiger partial charge in [0.2, 0.25) is 5.91 Å². The smallest absolute Gasteiger partial charge is 0.220 e. The van der Waals surface area contributed by atoms with Crippen LogP contribution in [0.5, 0.6) is 0 Å². The van der Waals surface area contributed by atoms with Crippen LogP contribution >= 0.6 is 12.4 Å². The molecule has 0 aliphatic heterocycles. The summed E-state index contributed by atoms with van der Waals surface area (Å²) in [5.74, 6) is 0.474. The van der Waals surface area contributed by atoms with Gasteiger partial charge in [0.05, 0.1) is 0 Å². The number of carbonyl (C=O) groups is 1. The zero-order valence-electron chi connectivity index (χ0n) is 14.9. The maximum atomic E-state index is 12.3. The molecule has 0 radical (unpaired) electrons. The van der Waals surface area contributed by atoms with Gasteiger partial charge in [0.1, 0.15) is 0 Å². The van der Waals surface area contributed by atoms with Crippen molar-refractivity contribution in [3.05, 3.63) is 71.8 Å². The summed E-state index contributed by atoms with van der Waals surface area (Å²) in [7, 11) is 1.93. The van der Waals surface area contributed by atoms with Gasteiger partial charge in [-0.05, 0) is 49.9 Å². The van der Waals surface area contributed by atoms with Crippen LogP contribution in [0.2, 0.25) is 0 Å². The van der Waals surface area contributed by atoms with E-state index >= 15 is 0 Å². The Morgan fingerprint density at radius 1 is 0.880 bits per heavy atom. The zero-order chi connectivity index (χ0) is 17.0. The average Bonchev–Trinajstić information content (AvgIpc) is 2.60. The Labute approximate surface area is 157 Å². The largest absolute Gasteiger partial charge is 0.356 e. The number of benzene rings is 2. The average molecular weight is 361 g/mol. The van der Waals surface area contributed by atoms with Crippen molar-refractivity contribution in [2.75, 3.05) is 20.1 Å². The first-order valence-electron chi connectivity index (χ1n) is 8.77. The molecular formula is C21H29ClN2O. The van der Waals surface area contributed by atoms with Crippen molar-refractivity contribution >= 4 is 18.3 Å². The van der Waals surface area contributed by atoms with E-state index in [9.17, 15) is 4.79 Å². The van der Waals surface area contributed by atoms with Gasteiger partial charge in [-0.1, -0.05) is 60.7 Å². The third kappa shape index (κ3) is 8.71. The molecule has 0 saturated carbocycles. The van der Waals surface area contributed by atoms with E-state index in [4.69, 9.17) is 0 Å². The van der Waals surface area contributed by atoms with Gasteiger partial charge >= 0.3 is 0 Å². The number of rotatable bonds is 10. The molecule has 2 rings (SSSR count). The Kier molecular flexibility index (Phi) is 10.6. The zero-order valence-corrected chi connectivity index (χ0v) is 15.7. The molecule has 0 aliphatic carbocycles. The van der Waals surface area contributed by atoms with Crippen LogP contribution in [0.15, 0.2) is 60.7 Å². The molecule has 0 unspecified atom stereocenters. The fourth-order valence-corrected chi connectivity index (χ4v) is 2.94. The number of nitrogens with one attached hydrogen (secondary N) is 2. The maximum absolute atomic E-state index is 12.3. The van der Waals surface area contributed by atoms with Gasteiger partial charge in [0.15, 0.2) is 0 Å². The molecule has 136 valence electrons. The summed E-state index contributed by atoms with van der Waals surface area (Å²) in [5, 5.41) is 6.14. The van der Waals surface area contributed by atoms with Crippen LogP contribution < -0.4 is 10.6 Å². The van der Waals surface area contributed by atoms with E-state index in [-0.39, 0.29) is 18.3 Å². The molecule has 2 aromatic rings. The highest BCUT2D eigenvalue weighted by Gasteiger charge is 2.15. The Morgan fingerprint density at radius 3 is 1.88 bits per heavy atom. The summed E-state index contributed by atoms with van der Waals surface area (Å²) >= 11 is 0. The predicted molar refractivity (Wildman–Crippen MR) is 107 cm³/mol. The first-order chi connectivity index (χ1) is 11.8. The lowest BCUT2D eigenvalue weighted by atomic mass is 9.89. The number of hydrogen-bond donors (Lipinski definition) is 2. The minimum absolute atomic E-state index is 0. The second-order valence-electron chi connectivity index (χ2n) is 6.26. The summed E-state index contributed by atoms with van der Waals surface area (Å²) in [4.78, 5) is 12.3. The number of hydrogen-bond acceptors (Lipinski definition) is 2. The van der Waals surface area contributed by atoms with Crippen molar-refractivity contribution in [3.63, 3.8) is 0 Å². The van der Waals surface area contributed by atoms with E-state index in [1.807, 2.05) is 19.2 Å². The van der Waals surface area contributed by atoms with Gasteiger partial charge < -0.3 is 10.6 Å². The SMILES string of the molecule is CNCCCNC(=O)CC(Cc1ccccc1)Cc1ccccc1.Cl. The molecule has 0 bridgehead atoms. The van der Waals surface area contributed by atoms with E-state index < -0.39 is 0 Å². The lowest BCUT2D eigenvalue weighted by molar-refractivity contribution is -0.122. The molecule has 0 heterocycles. The van der Waals surface area contributed by atoms with Crippen molar-refractivity contribution in [1.82, 2.24) is 10.6 Å². The molecule has 0 fully saturated rings. The van der Waals surface area contributed by atoms with E-state index in [2.05, 4.69) is 59.2 Å². The van der Waals surface area contributed by atoms with Crippen LogP contribution in [0.3, 0.4) is 0 Å². The topological polar surface area (TPSA) is 41.1 Å². The molecule has 0 aliphatic rings. The Morgan fingerprint density at radius 2 is 1.40 bits per heavy atom. The predicted octanol–water partition coefficient (Wildman–Crippen LogP) is 3.63. The summed E-state index contributed by atoms with van der Waals surface area (Å²) in [6.45, 7) is 1.67. The lowest BCUT2D eigenvalue weighted by Gasteiger charge is -2.17. The van der Waals surface area contributed by atoms with Crippen LogP contribution in [-0.4, -0.2) is 26.0 Å². The third-order valence-corrected chi connectivity index (χ3v) is 4.13. The highest BCUT2D eigenvalue weighted by atomic mass is 35.5. The van der Waals surface area contributed by atoms with Crippen molar-refractivity contribution in [2.45, 2.75) is 25.7 Å². The van der Waals surface area contributed by atoms with Gasteiger partial charge in [0, 0.05) is 13.0 Å². The van der Waals surface area contributed by atoms with E-state index in [1.165, 1.54) is 11.1 Å². The second-order valence-corrected chi connectivity index (χ2v) is 6.26. The van der Waals surface area contributed by atoms with Crippen molar-refractivity contribution < 1.29 is 4.79 Å². The normalized spacial score (nSPS) is 10.3. The third-order valence-electron chi connectivity index (χ3n) is 4.13. The summed E-state index contributed by atoms with van der Waals surface area (Å²) in [5.41, 5.74) is 2.59. The molecule has 0 spiro atoms. The van der Waals surface area contributed by atoms with Crippen LogP contribution in [-0.2, 0) is 17.6 Å². The summed E-state index contributed by atoms with van der Waals surface area (Å²) < 4.78 is 0. The molecule has 2 N–H and O–H groups in total. The minimum Gasteiger partial charge on any atom is -0.356 e. The summed E-state index contributed by atoms with van der Waals surface area (Å²) in [6.07, 6.45) is 3.40. The molecule has 25 heavy (non-hydrogen) atoms. The Hall–Kier alpha value is -1.84. The van der Waals surface area contributed by atoms with E-state index in [0.29, 0.717) is 12.3 Å². The van der Waals surface area contributed by atoms with Gasteiger partial charge in [0.25, 0.3) is 0 Å². The van der Waals surface area contributed by atoms with Gasteiger partial charge in [-0.2, -0.15) is 0 Å². The van der Waals surface area contributed by atoms with E-state index in [1.54, 1.807) is 0 Å². The molecular weight excluding hydrogens is 332 g/mol. The molecule has 3 nitrogen and oxygen atoms in total. The van der Waals surface area contributed by atoms with E-state index in [0.717, 1.165) is 32.4 Å². The maximum Gasteiger partial charge on any atom is 0.220 e. The quantitative estimate of drug-likeness (QED) is 0.635. The second kappa shape index (κ2) is 12.5. The van der Waals surface area contributed by atoms with Crippen molar-refractivity contribution in [2.24, 2.45) is 5.92 Å². The minimum atomic E-state index is 0. The van der Waals surface area contributed by atoms with Gasteiger partial charge in [-0.15, -0.1) is 12.4 Å². The molecule has 0 saturated heterocycles. The lowest BCUT2D eigenvalue weighted by Crippen LogP contribution is -2.29. The molecule has 4 heteroatoms. The highest BCUT2D eigenvalue weighted by Crippen LogP contribution is 2.18. The van der Waals surface area contributed by atoms with Gasteiger partial charge in [-0.25, -0.2) is 0 Å². The molecule has 2 aromatic carbocycles. The van der Waals surface area contributed by atoms with Crippen LogP contribution in [0.1, 0.15) is 24.0 Å².